The van der Waals surface area contributed by atoms with Gasteiger partial charge in [-0.05, 0) is 61.6 Å². The zero-order chi connectivity index (χ0) is 18.4. The van der Waals surface area contributed by atoms with Gasteiger partial charge in [0.25, 0.3) is 0 Å². The molecule has 2 aromatic carbocycles. The molecule has 5 rings (SSSR count). The highest BCUT2D eigenvalue weighted by atomic mass is 32.1. The third-order valence-electron chi connectivity index (χ3n) is 5.46. The summed E-state index contributed by atoms with van der Waals surface area (Å²) in [4.78, 5) is 16.4. The van der Waals surface area contributed by atoms with Crippen molar-refractivity contribution in [3.63, 3.8) is 0 Å². The zero-order valence-electron chi connectivity index (χ0n) is 15.1. The van der Waals surface area contributed by atoms with Crippen molar-refractivity contribution >= 4 is 39.6 Å². The van der Waals surface area contributed by atoms with E-state index < -0.39 is 0 Å². The maximum absolute atomic E-state index is 12.9. The molecule has 1 aliphatic rings. The molecule has 5 nitrogen and oxygen atoms in total. The number of hydrogen-bond donors (Lipinski definition) is 2. The maximum atomic E-state index is 12.9. The lowest BCUT2D eigenvalue weighted by Gasteiger charge is -2.22. The monoisotopic (exact) mass is 376 g/mol. The number of aromatic amines is 1. The molecule has 2 heterocycles. The van der Waals surface area contributed by atoms with E-state index in [9.17, 15) is 4.79 Å². The molecule has 0 fully saturated rings. The summed E-state index contributed by atoms with van der Waals surface area (Å²) < 4.78 is 8.49. The second-order valence-corrected chi connectivity index (χ2v) is 7.84. The Morgan fingerprint density at radius 2 is 2.11 bits per heavy atom. The smallest absolute Gasteiger partial charge is 0.229 e. The fourth-order valence-corrected chi connectivity index (χ4v) is 4.61. The van der Waals surface area contributed by atoms with Crippen molar-refractivity contribution in [2.75, 3.05) is 0 Å². The molecule has 0 bridgehead atoms. The van der Waals surface area contributed by atoms with E-state index in [2.05, 4.69) is 44.2 Å². The van der Waals surface area contributed by atoms with Gasteiger partial charge in [-0.25, -0.2) is 0 Å². The average Bonchev–Trinajstić information content (AvgIpc) is 3.29. The van der Waals surface area contributed by atoms with Gasteiger partial charge in [0.05, 0.1) is 17.6 Å². The Morgan fingerprint density at radius 1 is 1.22 bits per heavy atom. The number of amides is 1. The van der Waals surface area contributed by atoms with Gasteiger partial charge in [0.1, 0.15) is 11.0 Å². The average molecular weight is 376 g/mol. The van der Waals surface area contributed by atoms with Crippen LogP contribution in [0.25, 0.3) is 21.9 Å². The van der Waals surface area contributed by atoms with E-state index in [1.807, 2.05) is 18.2 Å². The molecule has 0 spiro atoms. The summed E-state index contributed by atoms with van der Waals surface area (Å²) in [5.74, 6) is -0.0122. The summed E-state index contributed by atoms with van der Waals surface area (Å²) in [5.41, 5.74) is 7.63. The fraction of sp³-hybridized carbons (Fsp3) is 0.286. The van der Waals surface area contributed by atoms with Gasteiger partial charge in [0.2, 0.25) is 5.91 Å². The van der Waals surface area contributed by atoms with Crippen LogP contribution >= 0.6 is 11.7 Å². The maximum Gasteiger partial charge on any atom is 0.229 e. The SMILES string of the molecule is Cc1ccc2[nH]c3c(c2c1)CCCC3C(=O)NCc1ccc2nsnc2c1. The van der Waals surface area contributed by atoms with Crippen LogP contribution in [-0.2, 0) is 17.8 Å². The summed E-state index contributed by atoms with van der Waals surface area (Å²) in [6.45, 7) is 2.62. The Bertz CT molecular complexity index is 1160. The Labute approximate surface area is 161 Å². The number of hydrogen-bond acceptors (Lipinski definition) is 4. The van der Waals surface area contributed by atoms with Gasteiger partial charge in [0.15, 0.2) is 0 Å². The van der Waals surface area contributed by atoms with Crippen LogP contribution in [0.5, 0.6) is 0 Å². The molecule has 136 valence electrons. The molecule has 6 heteroatoms. The van der Waals surface area contributed by atoms with E-state index >= 15 is 0 Å². The highest BCUT2D eigenvalue weighted by molar-refractivity contribution is 7.00. The Kier molecular flexibility index (Phi) is 3.93. The lowest BCUT2D eigenvalue weighted by molar-refractivity contribution is -0.123. The normalized spacial score (nSPS) is 16.6. The number of carbonyl (C=O) groups is 1. The molecular formula is C21H20N4OS. The molecule has 27 heavy (non-hydrogen) atoms. The van der Waals surface area contributed by atoms with Crippen molar-refractivity contribution < 1.29 is 4.79 Å². The lowest BCUT2D eigenvalue weighted by Crippen LogP contribution is -2.31. The van der Waals surface area contributed by atoms with Gasteiger partial charge in [-0.3, -0.25) is 4.79 Å². The van der Waals surface area contributed by atoms with Crippen LogP contribution in [0.15, 0.2) is 36.4 Å². The third-order valence-corrected chi connectivity index (χ3v) is 6.02. The Balaban J connectivity index is 1.38. The number of aromatic nitrogens is 3. The number of rotatable bonds is 3. The van der Waals surface area contributed by atoms with Crippen LogP contribution in [0.2, 0.25) is 0 Å². The highest BCUT2D eigenvalue weighted by Crippen LogP contribution is 2.36. The summed E-state index contributed by atoms with van der Waals surface area (Å²) in [7, 11) is 0. The summed E-state index contributed by atoms with van der Waals surface area (Å²) in [5, 5.41) is 4.39. The number of carbonyl (C=O) groups excluding carboxylic acids is 1. The van der Waals surface area contributed by atoms with Crippen LogP contribution < -0.4 is 5.32 Å². The van der Waals surface area contributed by atoms with Crippen LogP contribution in [0, 0.1) is 6.92 Å². The van der Waals surface area contributed by atoms with Crippen molar-refractivity contribution in [3.8, 4) is 0 Å². The minimum Gasteiger partial charge on any atom is -0.357 e. The number of nitrogens with one attached hydrogen (secondary N) is 2. The van der Waals surface area contributed by atoms with Crippen LogP contribution in [-0.4, -0.2) is 19.6 Å². The van der Waals surface area contributed by atoms with Crippen molar-refractivity contribution in [2.24, 2.45) is 0 Å². The van der Waals surface area contributed by atoms with Crippen molar-refractivity contribution in [1.29, 1.82) is 0 Å². The topological polar surface area (TPSA) is 70.7 Å². The Hall–Kier alpha value is -2.73. The molecule has 1 amide bonds. The number of aryl methyl sites for hydroxylation is 2. The van der Waals surface area contributed by atoms with E-state index in [0.29, 0.717) is 6.54 Å². The summed E-state index contributed by atoms with van der Waals surface area (Å²) in [6.07, 6.45) is 2.97. The van der Waals surface area contributed by atoms with Crippen LogP contribution in [0.3, 0.4) is 0 Å². The molecule has 0 aliphatic heterocycles. The van der Waals surface area contributed by atoms with Gasteiger partial charge in [0, 0.05) is 23.1 Å². The fourth-order valence-electron chi connectivity index (χ4n) is 4.09. The highest BCUT2D eigenvalue weighted by Gasteiger charge is 2.29. The molecule has 1 atom stereocenters. The molecule has 0 saturated heterocycles. The van der Waals surface area contributed by atoms with Crippen LogP contribution in [0.1, 0.15) is 41.1 Å². The van der Waals surface area contributed by atoms with Crippen LogP contribution in [0.4, 0.5) is 0 Å². The largest absolute Gasteiger partial charge is 0.357 e. The van der Waals surface area contributed by atoms with E-state index in [4.69, 9.17) is 0 Å². The van der Waals surface area contributed by atoms with Gasteiger partial charge in [-0.15, -0.1) is 0 Å². The molecule has 0 radical (unpaired) electrons. The molecule has 1 unspecified atom stereocenters. The molecule has 2 N–H and O–H groups in total. The van der Waals surface area contributed by atoms with Gasteiger partial charge in [-0.1, -0.05) is 17.7 Å². The minimum atomic E-state index is -0.105. The quantitative estimate of drug-likeness (QED) is 0.562. The van der Waals surface area contributed by atoms with Gasteiger partial charge >= 0.3 is 0 Å². The van der Waals surface area contributed by atoms with Crippen molar-refractivity contribution in [1.82, 2.24) is 19.0 Å². The second-order valence-electron chi connectivity index (χ2n) is 7.32. The predicted octanol–water partition coefficient (Wildman–Crippen LogP) is 4.22. The molecule has 1 aliphatic carbocycles. The minimum absolute atomic E-state index is 0.0933. The number of fused-ring (bicyclic) bond motifs is 4. The van der Waals surface area contributed by atoms with Crippen molar-refractivity contribution in [2.45, 2.75) is 38.6 Å². The zero-order valence-corrected chi connectivity index (χ0v) is 15.9. The first-order chi connectivity index (χ1) is 13.2. The summed E-state index contributed by atoms with van der Waals surface area (Å²) >= 11 is 1.21. The number of benzene rings is 2. The van der Waals surface area contributed by atoms with E-state index in [0.717, 1.165) is 47.1 Å². The molecule has 0 saturated carbocycles. The third kappa shape index (κ3) is 2.90. The van der Waals surface area contributed by atoms with E-state index in [1.165, 1.54) is 28.2 Å². The van der Waals surface area contributed by atoms with Gasteiger partial charge < -0.3 is 10.3 Å². The number of nitrogens with zero attached hydrogens (tertiary/aromatic N) is 2. The molecule has 4 aromatic rings. The molecular weight excluding hydrogens is 356 g/mol. The standard InChI is InChI=1S/C21H20N4OS/c1-12-5-7-17-16(9-12)14-3-2-4-15(20(14)23-17)21(26)22-11-13-6-8-18-19(10-13)25-27-24-18/h5-10,15,23H,2-4,11H2,1H3,(H,22,26). The first-order valence-corrected chi connectivity index (χ1v) is 10.0. The molecule has 2 aromatic heterocycles. The first kappa shape index (κ1) is 16.4. The predicted molar refractivity (Wildman–Crippen MR) is 108 cm³/mol. The Morgan fingerprint density at radius 3 is 3.04 bits per heavy atom. The number of H-pyrrole nitrogens is 1. The summed E-state index contributed by atoms with van der Waals surface area (Å²) in [6, 6.07) is 12.4. The first-order valence-electron chi connectivity index (χ1n) is 9.29. The second kappa shape index (κ2) is 6.46. The van der Waals surface area contributed by atoms with E-state index in [-0.39, 0.29) is 11.8 Å². The lowest BCUT2D eigenvalue weighted by atomic mass is 9.86. The van der Waals surface area contributed by atoms with E-state index in [1.54, 1.807) is 0 Å². The van der Waals surface area contributed by atoms with Gasteiger partial charge in [-0.2, -0.15) is 8.75 Å². The van der Waals surface area contributed by atoms with Crippen molar-refractivity contribution in [3.05, 3.63) is 58.8 Å².